The second-order valence-electron chi connectivity index (χ2n) is 13.6. The molecule has 8 heteroatoms. The molecule has 0 aliphatic rings. The Kier molecular flexibility index (Phi) is 15.9. The van der Waals surface area contributed by atoms with Gasteiger partial charge in [-0.25, -0.2) is 0 Å². The van der Waals surface area contributed by atoms with Gasteiger partial charge in [0.15, 0.2) is 34.6 Å². The van der Waals surface area contributed by atoms with E-state index in [0.29, 0.717) is 60.6 Å². The number of rotatable bonds is 19. The molecule has 2 rings (SSSR count). The Morgan fingerprint density at radius 2 is 0.938 bits per heavy atom. The van der Waals surface area contributed by atoms with Crippen molar-refractivity contribution in [3.63, 3.8) is 0 Å². The highest BCUT2D eigenvalue weighted by Gasteiger charge is 2.26. The predicted molar refractivity (Wildman–Crippen MR) is 190 cm³/mol. The Bertz CT molecular complexity index is 1410. The highest BCUT2D eigenvalue weighted by molar-refractivity contribution is 6.06. The van der Waals surface area contributed by atoms with E-state index in [9.17, 15) is 20.1 Å². The summed E-state index contributed by atoms with van der Waals surface area (Å²) in [7, 11) is 0. The fourth-order valence-electron chi connectivity index (χ4n) is 4.72. The zero-order chi connectivity index (χ0) is 35.7. The number of nitrogens with zero attached hydrogens (tertiary/aromatic N) is 2. The Hall–Kier alpha value is -4.56. The van der Waals surface area contributed by atoms with E-state index in [-0.39, 0.29) is 22.7 Å². The molecular formula is C40H52N2O6. The van der Waals surface area contributed by atoms with E-state index in [2.05, 4.69) is 0 Å². The van der Waals surface area contributed by atoms with Crippen LogP contribution >= 0.6 is 0 Å². The SMILES string of the molecule is CCOc1cc(C=C(C#N)C(=O)C(C)(C)C)ccc1OCCCCCCCCOc1ccc(C=C(C#N)C(=O)C(C)(C)C)cc1OCC. The number of benzene rings is 2. The first-order chi connectivity index (χ1) is 22.7. The largest absolute Gasteiger partial charge is 0.490 e. The molecule has 0 bridgehead atoms. The maximum atomic E-state index is 12.6. The van der Waals surface area contributed by atoms with E-state index < -0.39 is 10.8 Å². The lowest BCUT2D eigenvalue weighted by atomic mass is 9.86. The summed E-state index contributed by atoms with van der Waals surface area (Å²) in [5.74, 6) is 2.07. The average Bonchev–Trinajstić information content (AvgIpc) is 3.03. The number of ketones is 2. The zero-order valence-corrected chi connectivity index (χ0v) is 30.0. The molecule has 0 saturated carbocycles. The number of ether oxygens (including phenoxy) is 4. The molecule has 0 N–H and O–H groups in total. The second-order valence-corrected chi connectivity index (χ2v) is 13.6. The van der Waals surface area contributed by atoms with E-state index in [1.165, 1.54) is 0 Å². The van der Waals surface area contributed by atoms with E-state index >= 15 is 0 Å². The number of allylic oxidation sites excluding steroid dienone is 2. The van der Waals surface area contributed by atoms with E-state index in [4.69, 9.17) is 18.9 Å². The van der Waals surface area contributed by atoms with Gasteiger partial charge in [-0.1, -0.05) is 79.4 Å². The topological polar surface area (TPSA) is 119 Å². The molecule has 0 heterocycles. The van der Waals surface area contributed by atoms with Crippen LogP contribution in [0.15, 0.2) is 47.5 Å². The van der Waals surface area contributed by atoms with Gasteiger partial charge >= 0.3 is 0 Å². The number of Topliss-reactive ketones (excluding diaryl/α,β-unsaturated/α-hetero) is 2. The minimum absolute atomic E-state index is 0.116. The maximum Gasteiger partial charge on any atom is 0.178 e. The highest BCUT2D eigenvalue weighted by Crippen LogP contribution is 2.32. The summed E-state index contributed by atoms with van der Waals surface area (Å²) < 4.78 is 23.6. The summed E-state index contributed by atoms with van der Waals surface area (Å²) in [6.07, 6.45) is 9.28. The molecule has 0 aliphatic carbocycles. The third-order valence-electron chi connectivity index (χ3n) is 7.30. The van der Waals surface area contributed by atoms with Gasteiger partial charge in [0.25, 0.3) is 0 Å². The molecule has 0 radical (unpaired) electrons. The van der Waals surface area contributed by atoms with Crippen LogP contribution in [-0.4, -0.2) is 38.0 Å². The fourth-order valence-corrected chi connectivity index (χ4v) is 4.72. The van der Waals surface area contributed by atoms with Gasteiger partial charge in [0, 0.05) is 10.8 Å². The average molecular weight is 657 g/mol. The van der Waals surface area contributed by atoms with Gasteiger partial charge in [-0.15, -0.1) is 0 Å². The lowest BCUT2D eigenvalue weighted by Crippen LogP contribution is -2.21. The zero-order valence-electron chi connectivity index (χ0n) is 30.0. The highest BCUT2D eigenvalue weighted by atomic mass is 16.5. The maximum absolute atomic E-state index is 12.6. The first-order valence-corrected chi connectivity index (χ1v) is 16.9. The van der Waals surface area contributed by atoms with Crippen LogP contribution in [-0.2, 0) is 9.59 Å². The lowest BCUT2D eigenvalue weighted by molar-refractivity contribution is -0.122. The second kappa shape index (κ2) is 19.3. The van der Waals surface area contributed by atoms with E-state index in [0.717, 1.165) is 38.5 Å². The molecule has 2 aromatic rings. The molecule has 0 spiro atoms. The summed E-state index contributed by atoms with van der Waals surface area (Å²) >= 11 is 0. The Morgan fingerprint density at radius 3 is 1.25 bits per heavy atom. The van der Waals surface area contributed by atoms with Crippen LogP contribution in [0.5, 0.6) is 23.0 Å². The van der Waals surface area contributed by atoms with E-state index in [1.807, 2.05) is 50.3 Å². The van der Waals surface area contributed by atoms with Gasteiger partial charge in [-0.3, -0.25) is 9.59 Å². The summed E-state index contributed by atoms with van der Waals surface area (Å²) in [6.45, 7) is 16.7. The molecule has 8 nitrogen and oxygen atoms in total. The van der Waals surface area contributed by atoms with Crippen LogP contribution in [0, 0.1) is 33.5 Å². The smallest absolute Gasteiger partial charge is 0.178 e. The summed E-state index contributed by atoms with van der Waals surface area (Å²) in [5.41, 5.74) is 0.385. The summed E-state index contributed by atoms with van der Waals surface area (Å²) in [5, 5.41) is 19.0. The van der Waals surface area contributed by atoms with Crippen LogP contribution in [0.1, 0.15) is 105 Å². The van der Waals surface area contributed by atoms with Gasteiger partial charge in [0.05, 0.1) is 37.6 Å². The number of carbonyl (C=O) groups is 2. The van der Waals surface area contributed by atoms with E-state index in [1.54, 1.807) is 65.8 Å². The molecule has 0 atom stereocenters. The monoisotopic (exact) mass is 656 g/mol. The van der Waals surface area contributed by atoms with Crippen LogP contribution < -0.4 is 18.9 Å². The van der Waals surface area contributed by atoms with Crippen molar-refractivity contribution >= 4 is 23.7 Å². The molecule has 2 aromatic carbocycles. The van der Waals surface area contributed by atoms with Crippen molar-refractivity contribution in [1.82, 2.24) is 0 Å². The first-order valence-electron chi connectivity index (χ1n) is 16.9. The molecule has 0 fully saturated rings. The third-order valence-corrected chi connectivity index (χ3v) is 7.30. The van der Waals surface area contributed by atoms with Crippen molar-refractivity contribution in [2.24, 2.45) is 10.8 Å². The van der Waals surface area contributed by atoms with Crippen molar-refractivity contribution in [2.75, 3.05) is 26.4 Å². The minimum Gasteiger partial charge on any atom is -0.490 e. The van der Waals surface area contributed by atoms with Crippen molar-refractivity contribution in [3.05, 3.63) is 58.7 Å². The van der Waals surface area contributed by atoms with Crippen LogP contribution in [0.4, 0.5) is 0 Å². The van der Waals surface area contributed by atoms with Gasteiger partial charge in [-0.05, 0) is 74.2 Å². The number of nitriles is 2. The number of hydrogen-bond donors (Lipinski definition) is 0. The Morgan fingerprint density at radius 1 is 0.583 bits per heavy atom. The van der Waals surface area contributed by atoms with Crippen molar-refractivity contribution < 1.29 is 28.5 Å². The van der Waals surface area contributed by atoms with Gasteiger partial charge in [0.1, 0.15) is 12.1 Å². The fraction of sp³-hybridized carbons (Fsp3) is 0.500. The van der Waals surface area contributed by atoms with Crippen LogP contribution in [0.2, 0.25) is 0 Å². The molecule has 48 heavy (non-hydrogen) atoms. The molecule has 0 aliphatic heterocycles. The number of hydrogen-bond acceptors (Lipinski definition) is 8. The summed E-state index contributed by atoms with van der Waals surface area (Å²) in [4.78, 5) is 25.2. The van der Waals surface area contributed by atoms with Gasteiger partial charge < -0.3 is 18.9 Å². The predicted octanol–water partition coefficient (Wildman–Crippen LogP) is 9.33. The number of carbonyl (C=O) groups excluding carboxylic acids is 2. The number of unbranched alkanes of at least 4 members (excludes halogenated alkanes) is 5. The Balaban J connectivity index is 1.80. The molecule has 0 amide bonds. The van der Waals surface area contributed by atoms with Gasteiger partial charge in [0.2, 0.25) is 0 Å². The molecule has 258 valence electrons. The summed E-state index contributed by atoms with van der Waals surface area (Å²) in [6, 6.07) is 15.0. The van der Waals surface area contributed by atoms with Crippen molar-refractivity contribution in [3.8, 4) is 35.1 Å². The van der Waals surface area contributed by atoms with Crippen LogP contribution in [0.25, 0.3) is 12.2 Å². The molecule has 0 aromatic heterocycles. The standard InChI is InChI=1S/C40H52N2O6/c1-9-45-35-25-29(23-31(27-41)37(43)39(3,4)5)17-19-33(35)47-21-15-13-11-12-14-16-22-48-34-20-18-30(26-36(34)46-10-2)24-32(28-42)38(44)40(6,7)8/h17-20,23-26H,9-16,21-22H2,1-8H3. The van der Waals surface area contributed by atoms with Gasteiger partial charge in [-0.2, -0.15) is 10.5 Å². The first kappa shape index (κ1) is 39.6. The lowest BCUT2D eigenvalue weighted by Gasteiger charge is -2.16. The molecule has 0 unspecified atom stereocenters. The van der Waals surface area contributed by atoms with Crippen molar-refractivity contribution in [1.29, 1.82) is 10.5 Å². The molecular weight excluding hydrogens is 604 g/mol. The minimum atomic E-state index is -0.637. The molecule has 0 saturated heterocycles. The Labute approximate surface area is 287 Å². The quantitative estimate of drug-likeness (QED) is 0.0834. The normalized spacial score (nSPS) is 12.1. The third kappa shape index (κ3) is 12.9. The van der Waals surface area contributed by atoms with Crippen LogP contribution in [0.3, 0.4) is 0 Å². The van der Waals surface area contributed by atoms with Crippen molar-refractivity contribution in [2.45, 2.75) is 93.9 Å².